The maximum Gasteiger partial charge on any atom is 0.251 e. The Morgan fingerprint density at radius 3 is 2.32 bits per heavy atom. The number of rotatable bonds is 5. The molecule has 2 N–H and O–H groups in total. The van der Waals surface area contributed by atoms with E-state index in [4.69, 9.17) is 0 Å². The number of carbonyl (C=O) groups is 1. The van der Waals surface area contributed by atoms with Gasteiger partial charge in [-0.15, -0.1) is 0 Å². The van der Waals surface area contributed by atoms with E-state index in [-0.39, 0.29) is 5.91 Å². The normalized spacial score (nSPS) is 11.8. The van der Waals surface area contributed by atoms with Gasteiger partial charge in [0.1, 0.15) is 11.9 Å². The Bertz CT molecular complexity index is 850. The largest absolute Gasteiger partial charge is 0.353 e. The maximum absolute atomic E-state index is 12.9. The van der Waals surface area contributed by atoms with Gasteiger partial charge in [0.05, 0.1) is 0 Å². The first-order chi connectivity index (χ1) is 12.0. The second-order valence-electron chi connectivity index (χ2n) is 6.23. The van der Waals surface area contributed by atoms with Gasteiger partial charge in [-0.3, -0.25) is 9.48 Å². The van der Waals surface area contributed by atoms with E-state index in [1.54, 1.807) is 4.68 Å². The minimum Gasteiger partial charge on any atom is -0.353 e. The predicted molar refractivity (Wildman–Crippen MR) is 101 cm³/mol. The van der Waals surface area contributed by atoms with Gasteiger partial charge in [-0.05, 0) is 42.7 Å². The van der Waals surface area contributed by atoms with Crippen LogP contribution in [0.2, 0.25) is 0 Å². The van der Waals surface area contributed by atoms with Crippen molar-refractivity contribution < 1.29 is 4.79 Å². The fourth-order valence-corrected chi connectivity index (χ4v) is 2.85. The smallest absolute Gasteiger partial charge is 0.251 e. The minimum atomic E-state index is -0.531. The quantitative estimate of drug-likeness (QED) is 0.745. The molecule has 0 fully saturated rings. The van der Waals surface area contributed by atoms with Gasteiger partial charge >= 0.3 is 0 Å². The predicted octanol–water partition coefficient (Wildman–Crippen LogP) is 3.83. The van der Waals surface area contributed by atoms with E-state index >= 15 is 0 Å². The number of nitrogens with one attached hydrogen (secondary N) is 2. The molecule has 5 heteroatoms. The van der Waals surface area contributed by atoms with E-state index in [0.717, 1.165) is 22.4 Å². The van der Waals surface area contributed by atoms with E-state index < -0.39 is 6.04 Å². The number of amides is 1. The molecule has 0 radical (unpaired) electrons. The van der Waals surface area contributed by atoms with Crippen LogP contribution in [0.4, 0.5) is 11.5 Å². The molecular weight excluding hydrogens is 312 g/mol. The summed E-state index contributed by atoms with van der Waals surface area (Å²) in [5.41, 5.74) is 3.91. The standard InChI is InChI=1S/C20H22N4O/c1-14-11-15(2)13-17(12-14)21-20(25)19(16-7-5-4-6-8-16)22-18-9-10-24(3)23-18/h4-13,19H,1-3H3,(H,21,25)(H,22,23). The molecule has 128 valence electrons. The van der Waals surface area contributed by atoms with Crippen LogP contribution < -0.4 is 10.6 Å². The molecule has 3 rings (SSSR count). The van der Waals surface area contributed by atoms with E-state index in [0.29, 0.717) is 5.82 Å². The van der Waals surface area contributed by atoms with Crippen LogP contribution in [0.5, 0.6) is 0 Å². The molecule has 5 nitrogen and oxygen atoms in total. The highest BCUT2D eigenvalue weighted by molar-refractivity contribution is 5.97. The molecule has 1 atom stereocenters. The van der Waals surface area contributed by atoms with Crippen LogP contribution >= 0.6 is 0 Å². The van der Waals surface area contributed by atoms with Crippen LogP contribution in [0.15, 0.2) is 60.8 Å². The zero-order valence-corrected chi connectivity index (χ0v) is 14.7. The molecule has 1 amide bonds. The lowest BCUT2D eigenvalue weighted by atomic mass is 10.1. The van der Waals surface area contributed by atoms with Gasteiger partial charge in [-0.25, -0.2) is 0 Å². The van der Waals surface area contributed by atoms with Gasteiger partial charge in [0, 0.05) is 25.0 Å². The van der Waals surface area contributed by atoms with Gasteiger partial charge in [0.15, 0.2) is 0 Å². The Hall–Kier alpha value is -3.08. The van der Waals surface area contributed by atoms with E-state index in [1.165, 1.54) is 0 Å². The van der Waals surface area contributed by atoms with Crippen molar-refractivity contribution in [2.75, 3.05) is 10.6 Å². The van der Waals surface area contributed by atoms with Crippen molar-refractivity contribution in [3.8, 4) is 0 Å². The molecule has 1 aromatic heterocycles. The zero-order valence-electron chi connectivity index (χ0n) is 14.7. The second-order valence-corrected chi connectivity index (χ2v) is 6.23. The summed E-state index contributed by atoms with van der Waals surface area (Å²) in [5.74, 6) is 0.536. The summed E-state index contributed by atoms with van der Waals surface area (Å²) in [4.78, 5) is 12.9. The molecule has 0 aliphatic carbocycles. The average molecular weight is 334 g/mol. The van der Waals surface area contributed by atoms with Crippen molar-refractivity contribution in [3.63, 3.8) is 0 Å². The fraction of sp³-hybridized carbons (Fsp3) is 0.200. The fourth-order valence-electron chi connectivity index (χ4n) is 2.85. The molecule has 0 bridgehead atoms. The number of carbonyl (C=O) groups excluding carboxylic acids is 1. The monoisotopic (exact) mass is 334 g/mol. The number of nitrogens with zero attached hydrogens (tertiary/aromatic N) is 2. The summed E-state index contributed by atoms with van der Waals surface area (Å²) in [6.45, 7) is 4.03. The lowest BCUT2D eigenvalue weighted by Crippen LogP contribution is -2.27. The van der Waals surface area contributed by atoms with Crippen molar-refractivity contribution in [3.05, 3.63) is 77.5 Å². The molecule has 0 saturated heterocycles. The molecule has 0 saturated carbocycles. The third-order valence-corrected chi connectivity index (χ3v) is 3.89. The lowest BCUT2D eigenvalue weighted by molar-refractivity contribution is -0.117. The third-order valence-electron chi connectivity index (χ3n) is 3.89. The first-order valence-corrected chi connectivity index (χ1v) is 8.21. The molecule has 1 heterocycles. The molecule has 0 spiro atoms. The summed E-state index contributed by atoms with van der Waals surface area (Å²) < 4.78 is 1.70. The molecule has 1 unspecified atom stereocenters. The van der Waals surface area contributed by atoms with Crippen LogP contribution in [-0.2, 0) is 11.8 Å². The Morgan fingerprint density at radius 2 is 1.72 bits per heavy atom. The Morgan fingerprint density at radius 1 is 1.04 bits per heavy atom. The van der Waals surface area contributed by atoms with Crippen molar-refractivity contribution in [1.29, 1.82) is 0 Å². The van der Waals surface area contributed by atoms with Crippen LogP contribution in [-0.4, -0.2) is 15.7 Å². The summed E-state index contributed by atoms with van der Waals surface area (Å²) in [6.07, 6.45) is 1.84. The molecule has 25 heavy (non-hydrogen) atoms. The third kappa shape index (κ3) is 4.26. The average Bonchev–Trinajstić information content (AvgIpc) is 2.97. The second kappa shape index (κ2) is 7.21. The van der Waals surface area contributed by atoms with Gasteiger partial charge in [-0.2, -0.15) is 5.10 Å². The molecule has 0 aliphatic heterocycles. The Labute approximate surface area is 147 Å². The lowest BCUT2D eigenvalue weighted by Gasteiger charge is -2.19. The first kappa shape index (κ1) is 16.8. The minimum absolute atomic E-state index is 0.123. The highest BCUT2D eigenvalue weighted by Gasteiger charge is 2.21. The Kier molecular flexibility index (Phi) is 4.84. The van der Waals surface area contributed by atoms with Gasteiger partial charge in [0.2, 0.25) is 0 Å². The van der Waals surface area contributed by atoms with E-state index in [9.17, 15) is 4.79 Å². The number of benzene rings is 2. The topological polar surface area (TPSA) is 59.0 Å². The van der Waals surface area contributed by atoms with E-state index in [1.807, 2.05) is 75.6 Å². The Balaban J connectivity index is 1.86. The molecular formula is C20H22N4O. The van der Waals surface area contributed by atoms with Crippen LogP contribution in [0.1, 0.15) is 22.7 Å². The van der Waals surface area contributed by atoms with Crippen LogP contribution in [0.3, 0.4) is 0 Å². The summed E-state index contributed by atoms with van der Waals surface area (Å²) >= 11 is 0. The summed E-state index contributed by atoms with van der Waals surface area (Å²) in [6, 6.07) is 17.0. The summed E-state index contributed by atoms with van der Waals surface area (Å²) in [5, 5.41) is 10.6. The molecule has 2 aromatic carbocycles. The van der Waals surface area contributed by atoms with Crippen molar-refractivity contribution in [1.82, 2.24) is 9.78 Å². The highest BCUT2D eigenvalue weighted by Crippen LogP contribution is 2.21. The number of hydrogen-bond acceptors (Lipinski definition) is 3. The van der Waals surface area contributed by atoms with Gasteiger partial charge < -0.3 is 10.6 Å². The summed E-state index contributed by atoms with van der Waals surface area (Å²) in [7, 11) is 1.85. The number of aromatic nitrogens is 2. The molecule has 3 aromatic rings. The molecule has 0 aliphatic rings. The highest BCUT2D eigenvalue weighted by atomic mass is 16.2. The maximum atomic E-state index is 12.9. The van der Waals surface area contributed by atoms with Crippen molar-refractivity contribution in [2.24, 2.45) is 7.05 Å². The zero-order chi connectivity index (χ0) is 17.8. The van der Waals surface area contributed by atoms with E-state index in [2.05, 4.69) is 21.8 Å². The van der Waals surface area contributed by atoms with Gasteiger partial charge in [0.25, 0.3) is 5.91 Å². The van der Waals surface area contributed by atoms with Crippen molar-refractivity contribution >= 4 is 17.4 Å². The SMILES string of the molecule is Cc1cc(C)cc(NC(=O)C(Nc2ccn(C)n2)c2ccccc2)c1. The van der Waals surface area contributed by atoms with Crippen LogP contribution in [0, 0.1) is 13.8 Å². The number of hydrogen-bond donors (Lipinski definition) is 2. The van der Waals surface area contributed by atoms with Crippen LogP contribution in [0.25, 0.3) is 0 Å². The van der Waals surface area contributed by atoms with Crippen molar-refractivity contribution in [2.45, 2.75) is 19.9 Å². The number of aryl methyl sites for hydroxylation is 3. The number of anilines is 2. The van der Waals surface area contributed by atoms with Gasteiger partial charge in [-0.1, -0.05) is 36.4 Å². The first-order valence-electron chi connectivity index (χ1n) is 8.21.